The van der Waals surface area contributed by atoms with Crippen molar-refractivity contribution in [3.8, 4) is 11.5 Å². The molecule has 23 heavy (non-hydrogen) atoms. The zero-order valence-electron chi connectivity index (χ0n) is 14.0. The van der Waals surface area contributed by atoms with E-state index in [1.807, 2.05) is 18.2 Å². The van der Waals surface area contributed by atoms with Crippen LogP contribution in [0.5, 0.6) is 11.5 Å². The van der Waals surface area contributed by atoms with E-state index in [4.69, 9.17) is 9.47 Å². The average Bonchev–Trinajstić information content (AvgIpc) is 3.20. The van der Waals surface area contributed by atoms with Gasteiger partial charge in [-0.05, 0) is 47.9 Å². The monoisotopic (exact) mass is 316 g/mol. The summed E-state index contributed by atoms with van der Waals surface area (Å²) in [5.74, 6) is 2.04. The number of hydrogen-bond donors (Lipinski definition) is 1. The Morgan fingerprint density at radius 3 is 2.74 bits per heavy atom. The van der Waals surface area contributed by atoms with Crippen LogP contribution >= 0.6 is 0 Å². The lowest BCUT2D eigenvalue weighted by molar-refractivity contribution is -0.123. The number of fused-ring (bicyclic) bond motifs is 1. The molecule has 1 N–H and O–H groups in total. The molecule has 0 spiro atoms. The Balaban J connectivity index is 1.60. The zero-order chi connectivity index (χ0) is 16.4. The molecule has 0 aromatic heterocycles. The summed E-state index contributed by atoms with van der Waals surface area (Å²) in [6.07, 6.45) is 6.46. The van der Waals surface area contributed by atoms with Gasteiger partial charge in [-0.15, -0.1) is 0 Å². The molecular weight excluding hydrogens is 292 g/mol. The lowest BCUT2D eigenvalue weighted by atomic mass is 9.90. The number of hydrogen-bond acceptors (Lipinski definition) is 4. The van der Waals surface area contributed by atoms with Crippen LogP contribution in [0.1, 0.15) is 38.2 Å². The van der Waals surface area contributed by atoms with Crippen molar-refractivity contribution in [1.29, 1.82) is 0 Å². The lowest BCUT2D eigenvalue weighted by Crippen LogP contribution is -2.22. The van der Waals surface area contributed by atoms with Crippen molar-refractivity contribution in [2.24, 2.45) is 22.4 Å². The van der Waals surface area contributed by atoms with Gasteiger partial charge in [-0.3, -0.25) is 4.79 Å². The zero-order valence-corrected chi connectivity index (χ0v) is 14.0. The summed E-state index contributed by atoms with van der Waals surface area (Å²) in [4.78, 5) is 12.3. The molecule has 0 radical (unpaired) electrons. The fraction of sp³-hybridized carbons (Fsp3) is 0.556. The SMILES string of the molecule is COc1ccc(C=NNC(=O)[C@@H]2[C@H]3CCCC[C@]32C)cc1OC. The maximum atomic E-state index is 12.3. The number of benzene rings is 1. The summed E-state index contributed by atoms with van der Waals surface area (Å²) in [6, 6.07) is 5.51. The second-order valence-electron chi connectivity index (χ2n) is 6.68. The molecule has 5 nitrogen and oxygen atoms in total. The molecule has 1 aromatic rings. The number of nitrogens with one attached hydrogen (secondary N) is 1. The summed E-state index contributed by atoms with van der Waals surface area (Å²) in [5.41, 5.74) is 3.76. The predicted molar refractivity (Wildman–Crippen MR) is 88.8 cm³/mol. The highest BCUT2D eigenvalue weighted by molar-refractivity contribution is 5.86. The third kappa shape index (κ3) is 2.92. The molecular formula is C18H24N2O3. The Labute approximate surface area is 137 Å². The van der Waals surface area contributed by atoms with E-state index in [0.29, 0.717) is 17.4 Å². The van der Waals surface area contributed by atoms with Crippen LogP contribution < -0.4 is 14.9 Å². The predicted octanol–water partition coefficient (Wildman–Crippen LogP) is 2.98. The highest BCUT2D eigenvalue weighted by Gasteiger charge is 2.64. The number of carbonyl (C=O) groups is 1. The molecule has 2 aliphatic carbocycles. The summed E-state index contributed by atoms with van der Waals surface area (Å²) in [6.45, 7) is 2.24. The number of ether oxygens (including phenoxy) is 2. The van der Waals surface area contributed by atoms with Gasteiger partial charge in [-0.2, -0.15) is 5.10 Å². The van der Waals surface area contributed by atoms with E-state index in [-0.39, 0.29) is 17.2 Å². The van der Waals surface area contributed by atoms with E-state index in [1.165, 1.54) is 19.3 Å². The average molecular weight is 316 g/mol. The minimum absolute atomic E-state index is 0.0520. The smallest absolute Gasteiger partial charge is 0.244 e. The van der Waals surface area contributed by atoms with Crippen LogP contribution in [-0.4, -0.2) is 26.3 Å². The Bertz CT molecular complexity index is 629. The van der Waals surface area contributed by atoms with Crippen LogP contribution in [0.3, 0.4) is 0 Å². The van der Waals surface area contributed by atoms with Crippen molar-refractivity contribution in [3.63, 3.8) is 0 Å². The highest BCUT2D eigenvalue weighted by Crippen LogP contribution is 2.66. The molecule has 3 atom stereocenters. The second-order valence-corrected chi connectivity index (χ2v) is 6.68. The first-order valence-electron chi connectivity index (χ1n) is 8.15. The van der Waals surface area contributed by atoms with Crippen LogP contribution in [-0.2, 0) is 4.79 Å². The summed E-state index contributed by atoms with van der Waals surface area (Å²) >= 11 is 0. The molecule has 0 heterocycles. The Hall–Kier alpha value is -2.04. The van der Waals surface area contributed by atoms with Gasteiger partial charge in [0.2, 0.25) is 5.91 Å². The van der Waals surface area contributed by atoms with Crippen LogP contribution in [0.2, 0.25) is 0 Å². The van der Waals surface area contributed by atoms with Crippen LogP contribution in [0, 0.1) is 17.3 Å². The molecule has 1 amide bonds. The maximum absolute atomic E-state index is 12.3. The van der Waals surface area contributed by atoms with Crippen LogP contribution in [0.25, 0.3) is 0 Å². The number of rotatable bonds is 5. The first kappa shape index (κ1) is 15.8. The number of nitrogens with zero attached hydrogens (tertiary/aromatic N) is 1. The van der Waals surface area contributed by atoms with E-state index in [1.54, 1.807) is 20.4 Å². The van der Waals surface area contributed by atoms with Crippen molar-refractivity contribution in [3.05, 3.63) is 23.8 Å². The molecule has 0 bridgehead atoms. The number of amides is 1. The Morgan fingerprint density at radius 1 is 1.30 bits per heavy atom. The first-order valence-corrected chi connectivity index (χ1v) is 8.15. The second kappa shape index (κ2) is 6.22. The molecule has 0 saturated heterocycles. The van der Waals surface area contributed by atoms with Gasteiger partial charge >= 0.3 is 0 Å². The normalized spacial score (nSPS) is 29.0. The molecule has 2 saturated carbocycles. The Kier molecular flexibility index (Phi) is 4.28. The van der Waals surface area contributed by atoms with Gasteiger partial charge in [-0.25, -0.2) is 5.43 Å². The third-order valence-corrected chi connectivity index (χ3v) is 5.41. The van der Waals surface area contributed by atoms with E-state index >= 15 is 0 Å². The van der Waals surface area contributed by atoms with Gasteiger partial charge in [0.25, 0.3) is 0 Å². The summed E-state index contributed by atoms with van der Waals surface area (Å²) in [5, 5.41) is 4.10. The van der Waals surface area contributed by atoms with Crippen LogP contribution in [0.15, 0.2) is 23.3 Å². The summed E-state index contributed by atoms with van der Waals surface area (Å²) < 4.78 is 10.5. The lowest BCUT2D eigenvalue weighted by Gasteiger charge is -2.15. The quantitative estimate of drug-likeness (QED) is 0.671. The van der Waals surface area contributed by atoms with Crippen molar-refractivity contribution < 1.29 is 14.3 Å². The fourth-order valence-corrected chi connectivity index (χ4v) is 4.02. The van der Waals surface area contributed by atoms with E-state index in [0.717, 1.165) is 12.0 Å². The van der Waals surface area contributed by atoms with Crippen molar-refractivity contribution in [2.75, 3.05) is 14.2 Å². The van der Waals surface area contributed by atoms with Crippen LogP contribution in [0.4, 0.5) is 0 Å². The molecule has 2 aliphatic rings. The van der Waals surface area contributed by atoms with Gasteiger partial charge < -0.3 is 9.47 Å². The summed E-state index contributed by atoms with van der Waals surface area (Å²) in [7, 11) is 3.19. The molecule has 5 heteroatoms. The standard InChI is InChI=1S/C18H24N2O3/c1-18-9-5-4-6-13(18)16(18)17(21)20-19-11-12-7-8-14(22-2)15(10-12)23-3/h7-8,10-11,13,16H,4-6,9H2,1-3H3,(H,20,21)/t13-,16+,18-/m1/s1. The largest absolute Gasteiger partial charge is 0.493 e. The number of carbonyl (C=O) groups excluding carboxylic acids is 1. The fourth-order valence-electron chi connectivity index (χ4n) is 4.02. The topological polar surface area (TPSA) is 59.9 Å². The molecule has 0 unspecified atom stereocenters. The van der Waals surface area contributed by atoms with Crippen molar-refractivity contribution in [2.45, 2.75) is 32.6 Å². The maximum Gasteiger partial charge on any atom is 0.244 e. The number of methoxy groups -OCH3 is 2. The number of hydrazone groups is 1. The molecule has 0 aliphatic heterocycles. The molecule has 1 aromatic carbocycles. The van der Waals surface area contributed by atoms with Gasteiger partial charge in [-0.1, -0.05) is 19.8 Å². The first-order chi connectivity index (χ1) is 11.1. The van der Waals surface area contributed by atoms with Gasteiger partial charge in [0.1, 0.15) is 0 Å². The van der Waals surface area contributed by atoms with E-state index in [2.05, 4.69) is 17.5 Å². The van der Waals surface area contributed by atoms with Crippen molar-refractivity contribution >= 4 is 12.1 Å². The van der Waals surface area contributed by atoms with Gasteiger partial charge in [0, 0.05) is 5.92 Å². The third-order valence-electron chi connectivity index (χ3n) is 5.41. The van der Waals surface area contributed by atoms with E-state index < -0.39 is 0 Å². The Morgan fingerprint density at radius 2 is 2.09 bits per heavy atom. The van der Waals surface area contributed by atoms with Crippen molar-refractivity contribution in [1.82, 2.24) is 5.43 Å². The van der Waals surface area contributed by atoms with E-state index in [9.17, 15) is 4.79 Å². The molecule has 3 rings (SSSR count). The minimum Gasteiger partial charge on any atom is -0.493 e. The minimum atomic E-state index is 0.0520. The van der Waals surface area contributed by atoms with Gasteiger partial charge in [0.15, 0.2) is 11.5 Å². The molecule has 124 valence electrons. The molecule has 2 fully saturated rings. The highest BCUT2D eigenvalue weighted by atomic mass is 16.5. The van der Waals surface area contributed by atoms with Gasteiger partial charge in [0.05, 0.1) is 20.4 Å².